The van der Waals surface area contributed by atoms with Crippen LogP contribution in [0.2, 0.25) is 0 Å². The number of aliphatic hydroxyl groups is 1. The summed E-state index contributed by atoms with van der Waals surface area (Å²) in [5.74, 6) is -0.0579. The first kappa shape index (κ1) is 12.9. The van der Waals surface area contributed by atoms with E-state index in [-0.39, 0.29) is 12.0 Å². The molecule has 1 rings (SSSR count). The van der Waals surface area contributed by atoms with Crippen LogP contribution in [0.5, 0.6) is 0 Å². The number of rotatable bonds is 5. The van der Waals surface area contributed by atoms with Crippen LogP contribution in [0.25, 0.3) is 0 Å². The zero-order chi connectivity index (χ0) is 11.3. The molecule has 3 nitrogen and oxygen atoms in total. The molecule has 0 aliphatic heterocycles. The fraction of sp³-hybridized carbons (Fsp3) is 0.500. The van der Waals surface area contributed by atoms with Crippen molar-refractivity contribution in [2.24, 2.45) is 0 Å². The van der Waals surface area contributed by atoms with Crippen LogP contribution in [0.1, 0.15) is 30.1 Å². The highest BCUT2D eigenvalue weighted by Gasteiger charge is 2.07. The van der Waals surface area contributed by atoms with Crippen molar-refractivity contribution in [3.05, 3.63) is 19.9 Å². The first-order valence-electron chi connectivity index (χ1n) is 4.83. The highest BCUT2D eigenvalue weighted by molar-refractivity contribution is 14.1. The average Bonchev–Trinajstić information content (AvgIpc) is 2.64. The maximum atomic E-state index is 11.5. The van der Waals surface area contributed by atoms with Crippen LogP contribution in [0.3, 0.4) is 0 Å². The van der Waals surface area contributed by atoms with Gasteiger partial charge in [0.15, 0.2) is 0 Å². The first-order chi connectivity index (χ1) is 7.13. The normalized spacial score (nSPS) is 12.5. The number of hydrogen-bond acceptors (Lipinski definition) is 3. The minimum atomic E-state index is -0.312. The number of carbonyl (C=O) groups excluding carboxylic acids is 1. The second-order valence-corrected chi connectivity index (χ2v) is 6.05. The van der Waals surface area contributed by atoms with Gasteiger partial charge in [-0.25, -0.2) is 0 Å². The van der Waals surface area contributed by atoms with Crippen molar-refractivity contribution >= 4 is 39.8 Å². The molecule has 0 fully saturated rings. The van der Waals surface area contributed by atoms with E-state index >= 15 is 0 Å². The summed E-state index contributed by atoms with van der Waals surface area (Å²) < 4.78 is 1.10. The Labute approximate surface area is 107 Å². The third-order valence-electron chi connectivity index (χ3n) is 2.06. The predicted molar refractivity (Wildman–Crippen MR) is 70.3 cm³/mol. The molecule has 15 heavy (non-hydrogen) atoms. The van der Waals surface area contributed by atoms with Crippen LogP contribution in [-0.4, -0.2) is 23.7 Å². The van der Waals surface area contributed by atoms with Crippen LogP contribution in [0, 0.1) is 2.88 Å². The van der Waals surface area contributed by atoms with Crippen molar-refractivity contribution in [3.8, 4) is 0 Å². The van der Waals surface area contributed by atoms with Crippen molar-refractivity contribution in [1.82, 2.24) is 5.32 Å². The Bertz CT molecular complexity index is 327. The Balaban J connectivity index is 2.31. The fourth-order valence-electron chi connectivity index (χ4n) is 1.09. The van der Waals surface area contributed by atoms with Gasteiger partial charge in [0, 0.05) is 11.9 Å². The zero-order valence-corrected chi connectivity index (χ0v) is 11.5. The molecule has 0 bridgehead atoms. The number of hydrogen-bond donors (Lipinski definition) is 2. The summed E-state index contributed by atoms with van der Waals surface area (Å²) in [6.07, 6.45) is 1.03. The largest absolute Gasteiger partial charge is 0.393 e. The van der Waals surface area contributed by atoms with Crippen LogP contribution in [-0.2, 0) is 0 Å². The van der Waals surface area contributed by atoms with E-state index in [2.05, 4.69) is 27.9 Å². The Morgan fingerprint density at radius 1 is 1.73 bits per heavy atom. The standard InChI is InChI=1S/C10H14INO2S/c1-2-8(13)3-4-12-10(14)7-5-9(11)15-6-7/h5-6,8,13H,2-4H2,1H3,(H,12,14). The predicted octanol–water partition coefficient (Wildman–Crippen LogP) is 2.24. The minimum Gasteiger partial charge on any atom is -0.393 e. The molecule has 1 atom stereocenters. The van der Waals surface area contributed by atoms with Gasteiger partial charge in [-0.2, -0.15) is 0 Å². The van der Waals surface area contributed by atoms with Gasteiger partial charge in [-0.3, -0.25) is 4.79 Å². The molecule has 1 aromatic rings. The maximum absolute atomic E-state index is 11.5. The molecule has 0 saturated heterocycles. The number of amides is 1. The number of halogens is 1. The Hall–Kier alpha value is -0.140. The van der Waals surface area contributed by atoms with Crippen molar-refractivity contribution in [2.45, 2.75) is 25.9 Å². The first-order valence-corrected chi connectivity index (χ1v) is 6.79. The molecule has 1 amide bonds. The lowest BCUT2D eigenvalue weighted by atomic mass is 10.2. The van der Waals surface area contributed by atoms with Crippen molar-refractivity contribution in [2.75, 3.05) is 6.54 Å². The molecule has 84 valence electrons. The average molecular weight is 339 g/mol. The van der Waals surface area contributed by atoms with Crippen molar-refractivity contribution < 1.29 is 9.90 Å². The lowest BCUT2D eigenvalue weighted by Crippen LogP contribution is -2.26. The van der Waals surface area contributed by atoms with Crippen LogP contribution in [0.4, 0.5) is 0 Å². The van der Waals surface area contributed by atoms with E-state index in [1.807, 2.05) is 18.4 Å². The lowest BCUT2D eigenvalue weighted by Gasteiger charge is -2.07. The molecule has 1 aromatic heterocycles. The third kappa shape index (κ3) is 4.48. The van der Waals surface area contributed by atoms with Gasteiger partial charge in [0.25, 0.3) is 5.91 Å². The van der Waals surface area contributed by atoms with E-state index in [4.69, 9.17) is 0 Å². The van der Waals surface area contributed by atoms with Gasteiger partial charge in [0.05, 0.1) is 14.6 Å². The summed E-state index contributed by atoms with van der Waals surface area (Å²) >= 11 is 3.74. The molecule has 0 radical (unpaired) electrons. The van der Waals surface area contributed by atoms with E-state index in [0.29, 0.717) is 18.5 Å². The smallest absolute Gasteiger partial charge is 0.252 e. The summed E-state index contributed by atoms with van der Waals surface area (Å²) in [7, 11) is 0. The Morgan fingerprint density at radius 3 is 3.00 bits per heavy atom. The molecule has 5 heteroatoms. The van der Waals surface area contributed by atoms with Gasteiger partial charge in [0.1, 0.15) is 0 Å². The number of carbonyl (C=O) groups is 1. The van der Waals surface area contributed by atoms with Gasteiger partial charge < -0.3 is 10.4 Å². The number of thiophene rings is 1. The molecule has 2 N–H and O–H groups in total. The SMILES string of the molecule is CCC(O)CCNC(=O)c1csc(I)c1. The van der Waals surface area contributed by atoms with Gasteiger partial charge >= 0.3 is 0 Å². The molecule has 1 heterocycles. The quantitative estimate of drug-likeness (QED) is 0.809. The Morgan fingerprint density at radius 2 is 2.47 bits per heavy atom. The third-order valence-corrected chi connectivity index (χ3v) is 3.85. The van der Waals surface area contributed by atoms with Crippen LogP contribution < -0.4 is 5.32 Å². The van der Waals surface area contributed by atoms with Crippen LogP contribution in [0.15, 0.2) is 11.4 Å². The molecule has 1 unspecified atom stereocenters. The van der Waals surface area contributed by atoms with Crippen molar-refractivity contribution in [3.63, 3.8) is 0 Å². The summed E-state index contributed by atoms with van der Waals surface area (Å²) in [5, 5.41) is 13.9. The molecular weight excluding hydrogens is 325 g/mol. The molecule has 0 spiro atoms. The van der Waals surface area contributed by atoms with E-state index < -0.39 is 0 Å². The monoisotopic (exact) mass is 339 g/mol. The summed E-state index contributed by atoms with van der Waals surface area (Å²) in [5.41, 5.74) is 0.704. The number of nitrogens with one attached hydrogen (secondary N) is 1. The zero-order valence-electron chi connectivity index (χ0n) is 8.50. The van der Waals surface area contributed by atoms with Crippen molar-refractivity contribution in [1.29, 1.82) is 0 Å². The summed E-state index contributed by atoms with van der Waals surface area (Å²) in [6, 6.07) is 1.86. The van der Waals surface area contributed by atoms with E-state index in [1.54, 1.807) is 11.3 Å². The van der Waals surface area contributed by atoms with Gasteiger partial charge in [-0.15, -0.1) is 11.3 Å². The highest BCUT2D eigenvalue weighted by atomic mass is 127. The van der Waals surface area contributed by atoms with Gasteiger partial charge in [0.2, 0.25) is 0 Å². The second-order valence-electron chi connectivity index (χ2n) is 3.25. The van der Waals surface area contributed by atoms with E-state index in [9.17, 15) is 9.90 Å². The fourth-order valence-corrected chi connectivity index (χ4v) is 2.41. The van der Waals surface area contributed by atoms with E-state index in [1.165, 1.54) is 0 Å². The minimum absolute atomic E-state index is 0.0579. The Kier molecular flexibility index (Phi) is 5.55. The molecular formula is C10H14INO2S. The molecule has 0 aromatic carbocycles. The molecule has 0 aliphatic carbocycles. The second kappa shape index (κ2) is 6.44. The highest BCUT2D eigenvalue weighted by Crippen LogP contribution is 2.16. The maximum Gasteiger partial charge on any atom is 0.252 e. The van der Waals surface area contributed by atoms with Gasteiger partial charge in [-0.05, 0) is 41.5 Å². The summed E-state index contributed by atoms with van der Waals surface area (Å²) in [6.45, 7) is 2.45. The van der Waals surface area contributed by atoms with Crippen LogP contribution >= 0.6 is 33.9 Å². The molecule has 0 aliphatic rings. The lowest BCUT2D eigenvalue weighted by molar-refractivity contribution is 0.0942. The van der Waals surface area contributed by atoms with E-state index in [0.717, 1.165) is 9.30 Å². The number of aliphatic hydroxyl groups excluding tert-OH is 1. The topological polar surface area (TPSA) is 49.3 Å². The van der Waals surface area contributed by atoms with Gasteiger partial charge in [-0.1, -0.05) is 6.92 Å². The molecule has 0 saturated carbocycles. The summed E-state index contributed by atoms with van der Waals surface area (Å²) in [4.78, 5) is 11.5.